The highest BCUT2D eigenvalue weighted by atomic mass is 32.2. The second-order valence-electron chi connectivity index (χ2n) is 2.43. The van der Waals surface area contributed by atoms with Gasteiger partial charge in [0.05, 0.1) is 11.0 Å². The minimum Gasteiger partial charge on any atom is -0.348 e. The minimum atomic E-state index is -0.182. The van der Waals surface area contributed by atoms with Crippen molar-refractivity contribution in [3.05, 3.63) is 23.1 Å². The first-order valence-corrected chi connectivity index (χ1v) is 4.90. The molecule has 0 aliphatic carbocycles. The lowest BCUT2D eigenvalue weighted by Gasteiger charge is -2.04. The van der Waals surface area contributed by atoms with Gasteiger partial charge in [0.15, 0.2) is 0 Å². The maximum Gasteiger partial charge on any atom is 0.257 e. The minimum absolute atomic E-state index is 0.182. The van der Waals surface area contributed by atoms with Crippen LogP contribution in [0.1, 0.15) is 6.92 Å². The lowest BCUT2D eigenvalue weighted by atomic mass is 10.3. The van der Waals surface area contributed by atoms with Crippen molar-refractivity contribution in [1.82, 2.24) is 5.32 Å². The molecule has 13 heavy (non-hydrogen) atoms. The molecule has 0 aromatic heterocycles. The predicted octanol–water partition coefficient (Wildman–Crippen LogP) is 1.45. The Bertz CT molecular complexity index is 276. The fourth-order valence-corrected chi connectivity index (χ4v) is 0.830. The van der Waals surface area contributed by atoms with Gasteiger partial charge in [-0.1, -0.05) is 6.58 Å². The summed E-state index contributed by atoms with van der Waals surface area (Å²) in [5.41, 5.74) is 0.824. The Balaban J connectivity index is 3.92. The Morgan fingerprint density at radius 3 is 2.85 bits per heavy atom. The SMILES string of the molecule is C=C(SC)C(=O)NC/C(C)=C/C#N. The van der Waals surface area contributed by atoms with Crippen LogP contribution in [0.5, 0.6) is 0 Å². The molecule has 70 valence electrons. The quantitative estimate of drug-likeness (QED) is 0.547. The van der Waals surface area contributed by atoms with E-state index < -0.39 is 0 Å². The molecule has 0 aromatic carbocycles. The summed E-state index contributed by atoms with van der Waals surface area (Å²) in [5.74, 6) is -0.182. The van der Waals surface area contributed by atoms with Gasteiger partial charge in [-0.05, 0) is 18.8 Å². The van der Waals surface area contributed by atoms with Gasteiger partial charge in [-0.25, -0.2) is 0 Å². The van der Waals surface area contributed by atoms with Crippen molar-refractivity contribution >= 4 is 17.7 Å². The smallest absolute Gasteiger partial charge is 0.257 e. The summed E-state index contributed by atoms with van der Waals surface area (Å²) in [5, 5.41) is 10.9. The molecular weight excluding hydrogens is 184 g/mol. The molecule has 0 heterocycles. The zero-order valence-electron chi connectivity index (χ0n) is 7.76. The normalized spacial score (nSPS) is 10.4. The highest BCUT2D eigenvalue weighted by Crippen LogP contribution is 2.07. The summed E-state index contributed by atoms with van der Waals surface area (Å²) in [6, 6.07) is 1.89. The van der Waals surface area contributed by atoms with Crippen LogP contribution in [0.4, 0.5) is 0 Å². The third-order valence-electron chi connectivity index (χ3n) is 1.34. The number of hydrogen-bond donors (Lipinski definition) is 1. The number of rotatable bonds is 4. The molecule has 0 spiro atoms. The van der Waals surface area contributed by atoms with Crippen molar-refractivity contribution in [3.8, 4) is 6.07 Å². The molecule has 0 radical (unpaired) electrons. The van der Waals surface area contributed by atoms with Crippen LogP contribution in [0.15, 0.2) is 23.1 Å². The molecule has 0 rings (SSSR count). The first kappa shape index (κ1) is 11.8. The molecule has 0 bridgehead atoms. The second kappa shape index (κ2) is 6.32. The number of nitrogens with zero attached hydrogens (tertiary/aromatic N) is 1. The van der Waals surface area contributed by atoms with E-state index in [0.29, 0.717) is 11.4 Å². The molecule has 0 atom stereocenters. The maximum absolute atomic E-state index is 11.1. The third-order valence-corrected chi connectivity index (χ3v) is 2.02. The Morgan fingerprint density at radius 2 is 2.38 bits per heavy atom. The number of nitrogens with one attached hydrogen (secondary N) is 1. The van der Waals surface area contributed by atoms with Gasteiger partial charge < -0.3 is 5.32 Å². The second-order valence-corrected chi connectivity index (χ2v) is 3.33. The van der Waals surface area contributed by atoms with Crippen LogP contribution in [-0.4, -0.2) is 18.7 Å². The average molecular weight is 196 g/mol. The first-order chi connectivity index (χ1) is 6.11. The van der Waals surface area contributed by atoms with Gasteiger partial charge in [0.25, 0.3) is 5.91 Å². The van der Waals surface area contributed by atoms with Gasteiger partial charge in [0.2, 0.25) is 0 Å². The molecule has 0 unspecified atom stereocenters. The molecule has 0 aromatic rings. The zero-order valence-corrected chi connectivity index (χ0v) is 8.57. The van der Waals surface area contributed by atoms with E-state index in [9.17, 15) is 4.79 Å². The Kier molecular flexibility index (Phi) is 5.73. The number of thioether (sulfide) groups is 1. The molecule has 0 saturated carbocycles. The number of allylic oxidation sites excluding steroid dienone is 1. The van der Waals surface area contributed by atoms with E-state index in [0.717, 1.165) is 5.57 Å². The summed E-state index contributed by atoms with van der Waals surface area (Å²) in [4.78, 5) is 11.6. The first-order valence-electron chi connectivity index (χ1n) is 3.68. The number of carbonyl (C=O) groups excluding carboxylic acids is 1. The Morgan fingerprint density at radius 1 is 1.77 bits per heavy atom. The number of hydrogen-bond acceptors (Lipinski definition) is 3. The molecule has 3 nitrogen and oxygen atoms in total. The van der Waals surface area contributed by atoms with Gasteiger partial charge in [-0.15, -0.1) is 11.8 Å². The maximum atomic E-state index is 11.1. The van der Waals surface area contributed by atoms with Crippen LogP contribution in [-0.2, 0) is 4.79 Å². The Hall–Kier alpha value is -1.21. The summed E-state index contributed by atoms with van der Waals surface area (Å²) in [6.45, 7) is 5.74. The van der Waals surface area contributed by atoms with E-state index in [-0.39, 0.29) is 5.91 Å². The number of carbonyl (C=O) groups is 1. The van der Waals surface area contributed by atoms with Crippen LogP contribution in [0.25, 0.3) is 0 Å². The highest BCUT2D eigenvalue weighted by Gasteiger charge is 2.03. The largest absolute Gasteiger partial charge is 0.348 e. The van der Waals surface area contributed by atoms with Gasteiger partial charge in [-0.2, -0.15) is 5.26 Å². The molecule has 4 heteroatoms. The van der Waals surface area contributed by atoms with E-state index in [4.69, 9.17) is 5.26 Å². The Labute approximate surface area is 82.5 Å². The van der Waals surface area contributed by atoms with Crippen LogP contribution in [0.2, 0.25) is 0 Å². The zero-order chi connectivity index (χ0) is 10.3. The van der Waals surface area contributed by atoms with E-state index in [2.05, 4.69) is 11.9 Å². The van der Waals surface area contributed by atoms with E-state index >= 15 is 0 Å². The predicted molar refractivity (Wildman–Crippen MR) is 55.0 cm³/mol. The van der Waals surface area contributed by atoms with E-state index in [1.165, 1.54) is 17.8 Å². The number of nitriles is 1. The van der Waals surface area contributed by atoms with Crippen LogP contribution in [0, 0.1) is 11.3 Å². The lowest BCUT2D eigenvalue weighted by molar-refractivity contribution is -0.116. The van der Waals surface area contributed by atoms with Crippen molar-refractivity contribution in [1.29, 1.82) is 5.26 Å². The van der Waals surface area contributed by atoms with Crippen LogP contribution >= 0.6 is 11.8 Å². The van der Waals surface area contributed by atoms with E-state index in [1.807, 2.05) is 6.07 Å². The van der Waals surface area contributed by atoms with Crippen molar-refractivity contribution in [2.75, 3.05) is 12.8 Å². The van der Waals surface area contributed by atoms with Crippen molar-refractivity contribution in [2.45, 2.75) is 6.92 Å². The molecule has 0 aliphatic heterocycles. The standard InChI is InChI=1S/C9H12N2OS/c1-7(4-5-10)6-11-9(12)8(2)13-3/h4H,2,6H2,1,3H3,(H,11,12)/b7-4+. The highest BCUT2D eigenvalue weighted by molar-refractivity contribution is 8.03. The molecule has 0 saturated heterocycles. The van der Waals surface area contributed by atoms with Crippen LogP contribution in [0.3, 0.4) is 0 Å². The fraction of sp³-hybridized carbons (Fsp3) is 0.333. The molecule has 1 amide bonds. The van der Waals surface area contributed by atoms with Crippen molar-refractivity contribution in [3.63, 3.8) is 0 Å². The van der Waals surface area contributed by atoms with Gasteiger partial charge in [0.1, 0.15) is 0 Å². The van der Waals surface area contributed by atoms with Gasteiger partial charge in [0, 0.05) is 12.6 Å². The monoisotopic (exact) mass is 196 g/mol. The summed E-state index contributed by atoms with van der Waals surface area (Å²) < 4.78 is 0. The topological polar surface area (TPSA) is 52.9 Å². The van der Waals surface area contributed by atoms with Crippen molar-refractivity contribution in [2.24, 2.45) is 0 Å². The third kappa shape index (κ3) is 5.10. The molecule has 1 N–H and O–H groups in total. The average Bonchev–Trinajstić information content (AvgIpc) is 2.13. The fourth-order valence-electron chi connectivity index (χ4n) is 0.572. The molecular formula is C9H12N2OS. The molecule has 0 aliphatic rings. The number of amides is 1. The lowest BCUT2D eigenvalue weighted by Crippen LogP contribution is -2.25. The summed E-state index contributed by atoms with van der Waals surface area (Å²) >= 11 is 1.31. The van der Waals surface area contributed by atoms with E-state index in [1.54, 1.807) is 13.2 Å². The van der Waals surface area contributed by atoms with Crippen LogP contribution < -0.4 is 5.32 Å². The summed E-state index contributed by atoms with van der Waals surface area (Å²) in [7, 11) is 0. The van der Waals surface area contributed by atoms with Crippen molar-refractivity contribution < 1.29 is 4.79 Å². The molecule has 0 fully saturated rings. The van der Waals surface area contributed by atoms with Gasteiger partial charge >= 0.3 is 0 Å². The van der Waals surface area contributed by atoms with Gasteiger partial charge in [-0.3, -0.25) is 4.79 Å². The summed E-state index contributed by atoms with van der Waals surface area (Å²) in [6.07, 6.45) is 3.20.